The Balaban J connectivity index is 1.81. The first-order valence-corrected chi connectivity index (χ1v) is 6.17. The van der Waals surface area contributed by atoms with Gasteiger partial charge < -0.3 is 9.73 Å². The molecule has 2 aromatic heterocycles. The van der Waals surface area contributed by atoms with Gasteiger partial charge in [0.25, 0.3) is 5.56 Å². The number of nitrogens with zero attached hydrogens (tertiary/aromatic N) is 2. The standard InChI is InChI=1S/C14H15N3O3/c1-11-9-14(19)17(10-16-11)7-6-15-13(18)5-4-12-3-2-8-20-12/h2-5,8-10H,6-7H2,1H3,(H,15,18)/b5-4+. The van der Waals surface area contributed by atoms with E-state index in [1.807, 2.05) is 0 Å². The molecule has 0 aliphatic heterocycles. The number of carbonyl (C=O) groups excluding carboxylic acids is 1. The van der Waals surface area contributed by atoms with E-state index in [4.69, 9.17) is 4.42 Å². The van der Waals surface area contributed by atoms with E-state index in [1.54, 1.807) is 25.1 Å². The fourth-order valence-electron chi connectivity index (χ4n) is 1.59. The van der Waals surface area contributed by atoms with Crippen LogP contribution < -0.4 is 10.9 Å². The summed E-state index contributed by atoms with van der Waals surface area (Å²) in [6, 6.07) is 4.95. The average molecular weight is 273 g/mol. The number of rotatable bonds is 5. The summed E-state index contributed by atoms with van der Waals surface area (Å²) in [5.41, 5.74) is 0.551. The van der Waals surface area contributed by atoms with Crippen molar-refractivity contribution in [3.05, 3.63) is 58.7 Å². The molecule has 0 saturated carbocycles. The zero-order valence-corrected chi connectivity index (χ0v) is 11.1. The van der Waals surface area contributed by atoms with Gasteiger partial charge in [-0.15, -0.1) is 0 Å². The Morgan fingerprint density at radius 3 is 3.10 bits per heavy atom. The molecular weight excluding hydrogens is 258 g/mol. The molecule has 0 spiro atoms. The number of aryl methyl sites for hydroxylation is 1. The van der Waals surface area contributed by atoms with Crippen molar-refractivity contribution in [2.45, 2.75) is 13.5 Å². The fraction of sp³-hybridized carbons (Fsp3) is 0.214. The summed E-state index contributed by atoms with van der Waals surface area (Å²) >= 11 is 0. The van der Waals surface area contributed by atoms with Gasteiger partial charge in [-0.25, -0.2) is 4.98 Å². The molecule has 2 aromatic rings. The van der Waals surface area contributed by atoms with Crippen molar-refractivity contribution < 1.29 is 9.21 Å². The first kappa shape index (κ1) is 13.8. The Bertz CT molecular complexity index is 657. The molecule has 0 unspecified atom stereocenters. The van der Waals surface area contributed by atoms with Gasteiger partial charge in [-0.1, -0.05) is 0 Å². The van der Waals surface area contributed by atoms with E-state index < -0.39 is 0 Å². The molecule has 0 atom stereocenters. The molecule has 0 aliphatic rings. The van der Waals surface area contributed by atoms with E-state index in [0.29, 0.717) is 24.5 Å². The predicted octanol–water partition coefficient (Wildman–Crippen LogP) is 0.974. The van der Waals surface area contributed by atoms with Gasteiger partial charge in [0, 0.05) is 30.9 Å². The molecule has 0 fully saturated rings. The van der Waals surface area contributed by atoms with Gasteiger partial charge in [0.15, 0.2) is 0 Å². The minimum Gasteiger partial charge on any atom is -0.465 e. The molecule has 20 heavy (non-hydrogen) atoms. The third-order valence-corrected chi connectivity index (χ3v) is 2.61. The maximum atomic E-state index is 11.6. The average Bonchev–Trinajstić information content (AvgIpc) is 2.92. The molecule has 2 rings (SSSR count). The number of nitrogens with one attached hydrogen (secondary N) is 1. The van der Waals surface area contributed by atoms with E-state index in [9.17, 15) is 9.59 Å². The van der Waals surface area contributed by atoms with Gasteiger partial charge in [0.2, 0.25) is 5.91 Å². The Morgan fingerprint density at radius 2 is 2.40 bits per heavy atom. The highest BCUT2D eigenvalue weighted by molar-refractivity contribution is 5.91. The highest BCUT2D eigenvalue weighted by Crippen LogP contribution is 2.01. The van der Waals surface area contributed by atoms with E-state index in [-0.39, 0.29) is 11.5 Å². The van der Waals surface area contributed by atoms with Crippen LogP contribution in [0.2, 0.25) is 0 Å². The lowest BCUT2D eigenvalue weighted by molar-refractivity contribution is -0.116. The topological polar surface area (TPSA) is 77.1 Å². The Kier molecular flexibility index (Phi) is 4.49. The van der Waals surface area contributed by atoms with Crippen LogP contribution in [0.15, 0.2) is 46.1 Å². The largest absolute Gasteiger partial charge is 0.465 e. The number of furan rings is 1. The van der Waals surface area contributed by atoms with Crippen LogP contribution in [0.1, 0.15) is 11.5 Å². The van der Waals surface area contributed by atoms with Crippen molar-refractivity contribution in [1.82, 2.24) is 14.9 Å². The maximum Gasteiger partial charge on any atom is 0.253 e. The first-order chi connectivity index (χ1) is 9.65. The Hall–Kier alpha value is -2.63. The second-order valence-corrected chi connectivity index (χ2v) is 4.20. The number of hydrogen-bond donors (Lipinski definition) is 1. The van der Waals surface area contributed by atoms with E-state index in [2.05, 4.69) is 10.3 Å². The molecule has 0 bridgehead atoms. The number of amides is 1. The smallest absolute Gasteiger partial charge is 0.253 e. The summed E-state index contributed by atoms with van der Waals surface area (Å²) in [5, 5.41) is 2.68. The highest BCUT2D eigenvalue weighted by Gasteiger charge is 1.99. The van der Waals surface area contributed by atoms with Crippen LogP contribution in [0.25, 0.3) is 6.08 Å². The van der Waals surface area contributed by atoms with Gasteiger partial charge >= 0.3 is 0 Å². The Morgan fingerprint density at radius 1 is 1.55 bits per heavy atom. The van der Waals surface area contributed by atoms with Gasteiger partial charge in [-0.05, 0) is 25.1 Å². The minimum atomic E-state index is -0.241. The zero-order valence-electron chi connectivity index (χ0n) is 11.1. The van der Waals surface area contributed by atoms with Crippen LogP contribution in [0, 0.1) is 6.92 Å². The minimum absolute atomic E-state index is 0.127. The van der Waals surface area contributed by atoms with E-state index in [1.165, 1.54) is 29.3 Å². The predicted molar refractivity (Wildman–Crippen MR) is 74.0 cm³/mol. The second kappa shape index (κ2) is 6.51. The normalized spacial score (nSPS) is 10.8. The fourth-order valence-corrected chi connectivity index (χ4v) is 1.59. The summed E-state index contributed by atoms with van der Waals surface area (Å²) in [6.07, 6.45) is 5.97. The van der Waals surface area contributed by atoms with E-state index >= 15 is 0 Å². The molecular formula is C14H15N3O3. The summed E-state index contributed by atoms with van der Waals surface area (Å²) in [6.45, 7) is 2.49. The van der Waals surface area contributed by atoms with Crippen LogP contribution in [0.5, 0.6) is 0 Å². The molecule has 0 radical (unpaired) electrons. The summed E-state index contributed by atoms with van der Waals surface area (Å²) < 4.78 is 6.51. The quantitative estimate of drug-likeness (QED) is 0.824. The lowest BCUT2D eigenvalue weighted by Gasteiger charge is -2.05. The Labute approximate surface area is 115 Å². The molecule has 6 nitrogen and oxygen atoms in total. The molecule has 2 heterocycles. The molecule has 0 aromatic carbocycles. The van der Waals surface area contributed by atoms with Crippen molar-refractivity contribution in [3.63, 3.8) is 0 Å². The number of hydrogen-bond acceptors (Lipinski definition) is 4. The molecule has 1 amide bonds. The van der Waals surface area contributed by atoms with Gasteiger partial charge in [0.05, 0.1) is 12.6 Å². The lowest BCUT2D eigenvalue weighted by Crippen LogP contribution is -2.29. The maximum absolute atomic E-state index is 11.6. The van der Waals surface area contributed by atoms with Crippen molar-refractivity contribution in [2.24, 2.45) is 0 Å². The third-order valence-electron chi connectivity index (χ3n) is 2.61. The summed E-state index contributed by atoms with van der Waals surface area (Å²) in [5.74, 6) is 0.369. The van der Waals surface area contributed by atoms with Crippen molar-refractivity contribution in [1.29, 1.82) is 0 Å². The molecule has 0 aliphatic carbocycles. The van der Waals surface area contributed by atoms with E-state index in [0.717, 1.165) is 0 Å². The summed E-state index contributed by atoms with van der Waals surface area (Å²) in [7, 11) is 0. The zero-order chi connectivity index (χ0) is 14.4. The van der Waals surface area contributed by atoms with Crippen LogP contribution in [0.3, 0.4) is 0 Å². The molecule has 1 N–H and O–H groups in total. The van der Waals surface area contributed by atoms with Crippen molar-refractivity contribution >= 4 is 12.0 Å². The SMILES string of the molecule is Cc1cc(=O)n(CCNC(=O)/C=C/c2ccco2)cn1. The summed E-state index contributed by atoms with van der Waals surface area (Å²) in [4.78, 5) is 27.1. The third kappa shape index (κ3) is 3.94. The number of aromatic nitrogens is 2. The van der Waals surface area contributed by atoms with Gasteiger partial charge in [-0.2, -0.15) is 0 Å². The first-order valence-electron chi connectivity index (χ1n) is 6.17. The highest BCUT2D eigenvalue weighted by atomic mass is 16.3. The van der Waals surface area contributed by atoms with Crippen LogP contribution in [0.4, 0.5) is 0 Å². The monoisotopic (exact) mass is 273 g/mol. The van der Waals surface area contributed by atoms with Crippen molar-refractivity contribution in [3.8, 4) is 0 Å². The second-order valence-electron chi connectivity index (χ2n) is 4.20. The van der Waals surface area contributed by atoms with Gasteiger partial charge in [-0.3, -0.25) is 14.2 Å². The van der Waals surface area contributed by atoms with Crippen LogP contribution >= 0.6 is 0 Å². The van der Waals surface area contributed by atoms with Gasteiger partial charge in [0.1, 0.15) is 5.76 Å². The lowest BCUT2D eigenvalue weighted by atomic mass is 10.4. The molecule has 0 saturated heterocycles. The van der Waals surface area contributed by atoms with Crippen molar-refractivity contribution in [2.75, 3.05) is 6.54 Å². The van der Waals surface area contributed by atoms with Crippen LogP contribution in [-0.2, 0) is 11.3 Å². The number of carbonyl (C=O) groups is 1. The molecule has 6 heteroatoms. The molecule has 104 valence electrons. The van der Waals surface area contributed by atoms with Crippen LogP contribution in [-0.4, -0.2) is 22.0 Å².